The Bertz CT molecular complexity index is 1470. The fourth-order valence-corrected chi connectivity index (χ4v) is 4.28. The number of rotatable bonds is 8. The van der Waals surface area contributed by atoms with Crippen molar-refractivity contribution in [2.24, 2.45) is 0 Å². The van der Waals surface area contributed by atoms with E-state index in [-0.39, 0.29) is 24.0 Å². The van der Waals surface area contributed by atoms with Gasteiger partial charge in [-0.3, -0.25) is 14.5 Å². The van der Waals surface area contributed by atoms with Gasteiger partial charge in [0.25, 0.3) is 5.91 Å². The molecule has 38 heavy (non-hydrogen) atoms. The van der Waals surface area contributed by atoms with E-state index in [1.807, 2.05) is 12.1 Å². The zero-order chi connectivity index (χ0) is 27.2. The fraction of sp³-hybridized carbons (Fsp3) is 0.143. The van der Waals surface area contributed by atoms with E-state index < -0.39 is 11.9 Å². The molecule has 1 aliphatic rings. The molecule has 0 atom stereocenters. The molecule has 192 valence electrons. The summed E-state index contributed by atoms with van der Waals surface area (Å²) in [6.07, 6.45) is 1.62. The van der Waals surface area contributed by atoms with Crippen LogP contribution in [0.5, 0.6) is 11.5 Å². The first-order chi connectivity index (χ1) is 18.4. The van der Waals surface area contributed by atoms with Crippen molar-refractivity contribution in [2.45, 2.75) is 6.61 Å². The first kappa shape index (κ1) is 26.7. The second-order valence-electron chi connectivity index (χ2n) is 8.06. The monoisotopic (exact) mass is 547 g/mol. The molecule has 0 aromatic heterocycles. The number of halogens is 1. The average molecular weight is 548 g/mol. The van der Waals surface area contributed by atoms with Gasteiger partial charge in [-0.15, -0.1) is 0 Å². The standard InChI is InChI=1S/C28H22ClN3O5S/c1-35-25-14-18(7-12-24(25)37-17-20-6-4-3-5-19(20)15-30)13-23-27(34)32(22-10-8-21(29)9-11-22)28(38)31(23)16-26(33)36-2/h3-14H,16-17H2,1-2H3/b23-13-. The smallest absolute Gasteiger partial charge is 0.325 e. The van der Waals surface area contributed by atoms with E-state index in [1.54, 1.807) is 60.7 Å². The first-order valence-corrected chi connectivity index (χ1v) is 12.1. The summed E-state index contributed by atoms with van der Waals surface area (Å²) < 4.78 is 16.2. The number of thiocarbonyl (C=S) groups is 1. The van der Waals surface area contributed by atoms with Crippen molar-refractivity contribution in [3.05, 3.63) is 94.1 Å². The van der Waals surface area contributed by atoms with E-state index in [9.17, 15) is 14.9 Å². The molecule has 10 heteroatoms. The number of nitriles is 1. The average Bonchev–Trinajstić information content (AvgIpc) is 3.16. The summed E-state index contributed by atoms with van der Waals surface area (Å²) in [6.45, 7) is -0.0656. The molecule has 1 saturated heterocycles. The molecular weight excluding hydrogens is 526 g/mol. The highest BCUT2D eigenvalue weighted by molar-refractivity contribution is 7.80. The van der Waals surface area contributed by atoms with Crippen molar-refractivity contribution in [3.63, 3.8) is 0 Å². The van der Waals surface area contributed by atoms with Gasteiger partial charge in [-0.25, -0.2) is 0 Å². The maximum absolute atomic E-state index is 13.5. The van der Waals surface area contributed by atoms with Crippen LogP contribution >= 0.6 is 23.8 Å². The summed E-state index contributed by atoms with van der Waals surface area (Å²) in [4.78, 5) is 28.4. The van der Waals surface area contributed by atoms with Gasteiger partial charge in [0.2, 0.25) is 0 Å². The molecule has 3 aromatic rings. The number of benzene rings is 3. The quantitative estimate of drug-likeness (QED) is 0.222. The van der Waals surface area contributed by atoms with Gasteiger partial charge in [0.15, 0.2) is 16.6 Å². The van der Waals surface area contributed by atoms with Crippen LogP contribution in [-0.2, 0) is 20.9 Å². The van der Waals surface area contributed by atoms with Gasteiger partial charge in [-0.1, -0.05) is 35.9 Å². The number of hydrogen-bond acceptors (Lipinski definition) is 7. The molecule has 1 fully saturated rings. The number of carbonyl (C=O) groups excluding carboxylic acids is 2. The van der Waals surface area contributed by atoms with E-state index in [0.717, 1.165) is 5.56 Å². The van der Waals surface area contributed by atoms with Gasteiger partial charge in [0, 0.05) is 10.6 Å². The van der Waals surface area contributed by atoms with E-state index in [0.29, 0.717) is 33.3 Å². The zero-order valence-corrected chi connectivity index (χ0v) is 22.1. The molecule has 0 aliphatic carbocycles. The zero-order valence-electron chi connectivity index (χ0n) is 20.5. The highest BCUT2D eigenvalue weighted by atomic mass is 35.5. The molecule has 0 spiro atoms. The van der Waals surface area contributed by atoms with Crippen molar-refractivity contribution in [2.75, 3.05) is 25.7 Å². The lowest BCUT2D eigenvalue weighted by molar-refractivity contribution is -0.140. The Kier molecular flexibility index (Phi) is 8.26. The Hall–Kier alpha value is -4.39. The summed E-state index contributed by atoms with van der Waals surface area (Å²) in [5, 5.41) is 9.96. The molecule has 0 N–H and O–H groups in total. The predicted octanol–water partition coefficient (Wildman–Crippen LogP) is 4.95. The van der Waals surface area contributed by atoms with E-state index in [2.05, 4.69) is 6.07 Å². The summed E-state index contributed by atoms with van der Waals surface area (Å²) in [7, 11) is 2.77. The van der Waals surface area contributed by atoms with Crippen LogP contribution in [0, 0.1) is 11.3 Å². The van der Waals surface area contributed by atoms with Crippen molar-refractivity contribution in [1.29, 1.82) is 5.26 Å². The van der Waals surface area contributed by atoms with Crippen LogP contribution in [0.2, 0.25) is 5.02 Å². The van der Waals surface area contributed by atoms with Crippen molar-refractivity contribution < 1.29 is 23.8 Å². The van der Waals surface area contributed by atoms with Gasteiger partial charge >= 0.3 is 5.97 Å². The Morgan fingerprint density at radius 2 is 1.82 bits per heavy atom. The fourth-order valence-electron chi connectivity index (χ4n) is 3.81. The molecule has 1 heterocycles. The second-order valence-corrected chi connectivity index (χ2v) is 8.86. The minimum Gasteiger partial charge on any atom is -0.493 e. The number of esters is 1. The molecule has 0 unspecified atom stereocenters. The minimum atomic E-state index is -0.553. The molecule has 0 saturated carbocycles. The number of ether oxygens (including phenoxy) is 3. The van der Waals surface area contributed by atoms with Crippen LogP contribution in [0.25, 0.3) is 6.08 Å². The lowest BCUT2D eigenvalue weighted by Gasteiger charge is -2.19. The van der Waals surface area contributed by atoms with Crippen LogP contribution in [0.1, 0.15) is 16.7 Å². The summed E-state index contributed by atoms with van der Waals surface area (Å²) in [6, 6.07) is 21.1. The van der Waals surface area contributed by atoms with Crippen LogP contribution in [0.4, 0.5) is 5.69 Å². The van der Waals surface area contributed by atoms with Gasteiger partial charge < -0.3 is 19.1 Å². The van der Waals surface area contributed by atoms with Gasteiger partial charge in [0.05, 0.1) is 31.5 Å². The van der Waals surface area contributed by atoms with Crippen molar-refractivity contribution in [3.8, 4) is 17.6 Å². The van der Waals surface area contributed by atoms with Gasteiger partial charge in [-0.2, -0.15) is 5.26 Å². The van der Waals surface area contributed by atoms with Crippen molar-refractivity contribution >= 4 is 52.6 Å². The lowest BCUT2D eigenvalue weighted by atomic mass is 10.1. The Morgan fingerprint density at radius 1 is 1.08 bits per heavy atom. The molecule has 0 radical (unpaired) electrons. The number of nitrogens with zero attached hydrogens (tertiary/aromatic N) is 3. The molecule has 1 aliphatic heterocycles. The third-order valence-corrected chi connectivity index (χ3v) is 6.40. The number of hydrogen-bond donors (Lipinski definition) is 0. The topological polar surface area (TPSA) is 92.1 Å². The Morgan fingerprint density at radius 3 is 2.50 bits per heavy atom. The maximum Gasteiger partial charge on any atom is 0.325 e. The van der Waals surface area contributed by atoms with E-state index in [1.165, 1.54) is 24.0 Å². The van der Waals surface area contributed by atoms with Crippen LogP contribution < -0.4 is 14.4 Å². The Labute approximate surface area is 230 Å². The first-order valence-electron chi connectivity index (χ1n) is 11.3. The molecule has 8 nitrogen and oxygen atoms in total. The third kappa shape index (κ3) is 5.62. The minimum absolute atomic E-state index is 0.136. The SMILES string of the molecule is COC(=O)CN1C(=S)N(c2ccc(Cl)cc2)C(=O)/C1=C/c1ccc(OCc2ccccc2C#N)c(OC)c1. The summed E-state index contributed by atoms with van der Waals surface area (Å²) in [5.41, 5.74) is 2.59. The second kappa shape index (κ2) is 11.8. The lowest BCUT2D eigenvalue weighted by Crippen LogP contribution is -2.35. The van der Waals surface area contributed by atoms with Gasteiger partial charge in [-0.05, 0) is 66.3 Å². The molecular formula is C28H22ClN3O5S. The summed E-state index contributed by atoms with van der Waals surface area (Å²) >= 11 is 11.6. The highest BCUT2D eigenvalue weighted by Crippen LogP contribution is 2.33. The Balaban J connectivity index is 1.65. The molecule has 0 bridgehead atoms. The number of carbonyl (C=O) groups is 2. The number of methoxy groups -OCH3 is 2. The molecule has 1 amide bonds. The molecule has 3 aromatic carbocycles. The van der Waals surface area contributed by atoms with E-state index >= 15 is 0 Å². The number of anilines is 1. The maximum atomic E-state index is 13.5. The van der Waals surface area contributed by atoms with Gasteiger partial charge in [0.1, 0.15) is 18.8 Å². The van der Waals surface area contributed by atoms with E-state index in [4.69, 9.17) is 38.0 Å². The predicted molar refractivity (Wildman–Crippen MR) is 147 cm³/mol. The summed E-state index contributed by atoms with van der Waals surface area (Å²) in [5.74, 6) is -0.0719. The van der Waals surface area contributed by atoms with Crippen LogP contribution in [0.3, 0.4) is 0 Å². The molecule has 4 rings (SSSR count). The number of amides is 1. The normalized spacial score (nSPS) is 14.0. The van der Waals surface area contributed by atoms with Crippen molar-refractivity contribution in [1.82, 2.24) is 4.90 Å². The third-order valence-electron chi connectivity index (χ3n) is 5.75. The van der Waals surface area contributed by atoms with Crippen LogP contribution in [-0.4, -0.2) is 42.7 Å². The highest BCUT2D eigenvalue weighted by Gasteiger charge is 2.40. The van der Waals surface area contributed by atoms with Crippen LogP contribution in [0.15, 0.2) is 72.4 Å². The largest absolute Gasteiger partial charge is 0.493 e.